The fourth-order valence-corrected chi connectivity index (χ4v) is 4.77. The van der Waals surface area contributed by atoms with Crippen LogP contribution in [-0.4, -0.2) is 50.0 Å². The summed E-state index contributed by atoms with van der Waals surface area (Å²) in [5.41, 5.74) is 2.12. The maximum atomic E-state index is 12.5. The molecule has 1 N–H and O–H groups in total. The van der Waals surface area contributed by atoms with Crippen molar-refractivity contribution < 1.29 is 14.6 Å². The number of benzene rings is 3. The number of hydrogen-bond donors (Lipinski definition) is 1. The van der Waals surface area contributed by atoms with Crippen molar-refractivity contribution in [3.05, 3.63) is 101 Å². The molecule has 1 fully saturated rings. The van der Waals surface area contributed by atoms with Gasteiger partial charge in [0, 0.05) is 30.6 Å². The van der Waals surface area contributed by atoms with Gasteiger partial charge < -0.3 is 14.6 Å². The van der Waals surface area contributed by atoms with Gasteiger partial charge in [-0.05, 0) is 53.8 Å². The van der Waals surface area contributed by atoms with E-state index >= 15 is 0 Å². The van der Waals surface area contributed by atoms with E-state index in [1.54, 1.807) is 7.11 Å². The Morgan fingerprint density at radius 2 is 1.64 bits per heavy atom. The van der Waals surface area contributed by atoms with Crippen molar-refractivity contribution in [2.45, 2.75) is 24.4 Å². The van der Waals surface area contributed by atoms with Crippen LogP contribution in [-0.2, 0) is 16.8 Å². The summed E-state index contributed by atoms with van der Waals surface area (Å²) < 4.78 is 10.9. The zero-order valence-electron chi connectivity index (χ0n) is 19.1. The number of rotatable bonds is 9. The Kier molecular flexibility index (Phi) is 8.05. The molecule has 0 amide bonds. The molecular weight excluding hydrogens is 434 g/mol. The molecule has 33 heavy (non-hydrogen) atoms. The molecule has 1 saturated heterocycles. The number of nitrogens with zero attached hydrogens (tertiary/aromatic N) is 1. The lowest BCUT2D eigenvalue weighted by Crippen LogP contribution is -2.45. The summed E-state index contributed by atoms with van der Waals surface area (Å²) in [5, 5.41) is 13.2. The van der Waals surface area contributed by atoms with Crippen LogP contribution in [0.2, 0.25) is 5.02 Å². The van der Waals surface area contributed by atoms with Gasteiger partial charge in [0.15, 0.2) is 0 Å². The van der Waals surface area contributed by atoms with Gasteiger partial charge in [0.2, 0.25) is 0 Å². The lowest BCUT2D eigenvalue weighted by molar-refractivity contribution is -0.0279. The van der Waals surface area contributed by atoms with Crippen LogP contribution in [0.25, 0.3) is 0 Å². The second kappa shape index (κ2) is 11.2. The van der Waals surface area contributed by atoms with Crippen molar-refractivity contribution in [2.24, 2.45) is 0 Å². The van der Waals surface area contributed by atoms with Crippen LogP contribution in [0, 0.1) is 0 Å². The van der Waals surface area contributed by atoms with Crippen molar-refractivity contribution >= 4 is 11.6 Å². The molecule has 3 aromatic rings. The van der Waals surface area contributed by atoms with Crippen LogP contribution in [0.5, 0.6) is 5.75 Å². The van der Waals surface area contributed by atoms with Gasteiger partial charge in [0.05, 0.1) is 25.9 Å². The molecule has 3 aromatic carbocycles. The van der Waals surface area contributed by atoms with Gasteiger partial charge in [-0.15, -0.1) is 0 Å². The van der Waals surface area contributed by atoms with Gasteiger partial charge in [0.1, 0.15) is 5.75 Å². The average Bonchev–Trinajstić information content (AvgIpc) is 2.88. The SMILES string of the molecule is COc1ccc([C@@](O)(CCc2ccccc2)[C@H](CN2CCOCC2)c2ccc(Cl)cc2)cc1. The van der Waals surface area contributed by atoms with Gasteiger partial charge in [-0.3, -0.25) is 4.90 Å². The average molecular weight is 466 g/mol. The second-order valence-electron chi connectivity index (χ2n) is 8.66. The minimum absolute atomic E-state index is 0.134. The highest BCUT2D eigenvalue weighted by atomic mass is 35.5. The predicted octanol–water partition coefficient (Wildman–Crippen LogP) is 5.29. The third kappa shape index (κ3) is 5.96. The maximum Gasteiger partial charge on any atom is 0.118 e. The summed E-state index contributed by atoms with van der Waals surface area (Å²) in [6.07, 6.45) is 1.37. The van der Waals surface area contributed by atoms with E-state index in [9.17, 15) is 5.11 Å². The van der Waals surface area contributed by atoms with Crippen molar-refractivity contribution in [2.75, 3.05) is 40.0 Å². The molecule has 0 unspecified atom stereocenters. The molecule has 0 radical (unpaired) electrons. The van der Waals surface area contributed by atoms with Gasteiger partial charge >= 0.3 is 0 Å². The fraction of sp³-hybridized carbons (Fsp3) is 0.357. The van der Waals surface area contributed by atoms with Crippen LogP contribution in [0.15, 0.2) is 78.9 Å². The molecule has 1 heterocycles. The Morgan fingerprint density at radius 3 is 2.27 bits per heavy atom. The minimum Gasteiger partial charge on any atom is -0.497 e. The lowest BCUT2D eigenvalue weighted by Gasteiger charge is -2.41. The molecule has 0 aliphatic carbocycles. The highest BCUT2D eigenvalue weighted by Crippen LogP contribution is 2.42. The van der Waals surface area contributed by atoms with E-state index in [0.717, 1.165) is 56.1 Å². The number of hydrogen-bond acceptors (Lipinski definition) is 4. The second-order valence-corrected chi connectivity index (χ2v) is 9.09. The first-order chi connectivity index (χ1) is 16.1. The summed E-state index contributed by atoms with van der Waals surface area (Å²) >= 11 is 6.21. The molecule has 0 spiro atoms. The highest BCUT2D eigenvalue weighted by molar-refractivity contribution is 6.30. The largest absolute Gasteiger partial charge is 0.497 e. The number of halogens is 1. The predicted molar refractivity (Wildman–Crippen MR) is 133 cm³/mol. The molecule has 5 heteroatoms. The number of morpholine rings is 1. The number of aliphatic hydroxyl groups is 1. The Balaban J connectivity index is 1.73. The molecular formula is C28H32ClNO3. The number of aryl methyl sites for hydroxylation is 1. The van der Waals surface area contributed by atoms with Gasteiger partial charge in [-0.25, -0.2) is 0 Å². The smallest absolute Gasteiger partial charge is 0.118 e. The van der Waals surface area contributed by atoms with Crippen molar-refractivity contribution in [3.63, 3.8) is 0 Å². The summed E-state index contributed by atoms with van der Waals surface area (Å²) in [6, 6.07) is 26.1. The lowest BCUT2D eigenvalue weighted by atomic mass is 9.73. The van der Waals surface area contributed by atoms with Crippen LogP contribution in [0.4, 0.5) is 0 Å². The summed E-state index contributed by atoms with van der Waals surface area (Å²) in [5.74, 6) is 0.644. The normalized spacial score (nSPS) is 17.3. The summed E-state index contributed by atoms with van der Waals surface area (Å²) in [7, 11) is 1.66. The van der Waals surface area contributed by atoms with E-state index < -0.39 is 5.60 Å². The first-order valence-corrected chi connectivity index (χ1v) is 11.9. The zero-order valence-corrected chi connectivity index (χ0v) is 19.9. The van der Waals surface area contributed by atoms with E-state index in [2.05, 4.69) is 17.0 Å². The van der Waals surface area contributed by atoms with Crippen molar-refractivity contribution in [1.82, 2.24) is 4.90 Å². The standard InChI is InChI=1S/C28H32ClNO3/c1-32-26-13-9-24(10-14-26)28(31,16-15-22-5-3-2-4-6-22)27(21-30-17-19-33-20-18-30)23-7-11-25(29)12-8-23/h2-14,27,31H,15-21H2,1H3/t27-,28+/m1/s1. The molecule has 0 aromatic heterocycles. The fourth-order valence-electron chi connectivity index (χ4n) is 4.65. The Bertz CT molecular complexity index is 988. The van der Waals surface area contributed by atoms with E-state index in [-0.39, 0.29) is 5.92 Å². The Hall–Kier alpha value is -2.37. The third-order valence-electron chi connectivity index (χ3n) is 6.62. The van der Waals surface area contributed by atoms with Crippen molar-refractivity contribution in [1.29, 1.82) is 0 Å². The van der Waals surface area contributed by atoms with Crippen LogP contribution < -0.4 is 4.74 Å². The first-order valence-electron chi connectivity index (χ1n) is 11.5. The molecule has 1 aliphatic rings. The Morgan fingerprint density at radius 1 is 0.970 bits per heavy atom. The van der Waals surface area contributed by atoms with Gasteiger partial charge in [-0.2, -0.15) is 0 Å². The van der Waals surface area contributed by atoms with E-state index in [1.807, 2.05) is 66.7 Å². The Labute approximate surface area is 201 Å². The van der Waals surface area contributed by atoms with E-state index in [4.69, 9.17) is 21.1 Å². The van der Waals surface area contributed by atoms with Crippen LogP contribution in [0.1, 0.15) is 29.0 Å². The molecule has 0 saturated carbocycles. The first kappa shape index (κ1) is 23.8. The number of methoxy groups -OCH3 is 1. The number of ether oxygens (including phenoxy) is 2. The minimum atomic E-state index is -1.08. The van der Waals surface area contributed by atoms with Gasteiger partial charge in [0.25, 0.3) is 0 Å². The van der Waals surface area contributed by atoms with Gasteiger partial charge in [-0.1, -0.05) is 66.2 Å². The molecule has 2 atom stereocenters. The van der Waals surface area contributed by atoms with E-state index in [1.165, 1.54) is 5.56 Å². The van der Waals surface area contributed by atoms with Crippen LogP contribution in [0.3, 0.4) is 0 Å². The molecule has 4 nitrogen and oxygen atoms in total. The highest BCUT2D eigenvalue weighted by Gasteiger charge is 2.40. The molecule has 174 valence electrons. The molecule has 4 rings (SSSR count). The molecule has 0 bridgehead atoms. The zero-order chi connectivity index (χ0) is 23.1. The maximum absolute atomic E-state index is 12.5. The topological polar surface area (TPSA) is 41.9 Å². The summed E-state index contributed by atoms with van der Waals surface area (Å²) in [4.78, 5) is 2.39. The van der Waals surface area contributed by atoms with E-state index in [0.29, 0.717) is 11.4 Å². The monoisotopic (exact) mass is 465 g/mol. The quantitative estimate of drug-likeness (QED) is 0.466. The summed E-state index contributed by atoms with van der Waals surface area (Å²) in [6.45, 7) is 3.90. The van der Waals surface area contributed by atoms with Crippen molar-refractivity contribution in [3.8, 4) is 5.75 Å². The van der Waals surface area contributed by atoms with Crippen LogP contribution >= 0.6 is 11.6 Å². The molecule has 1 aliphatic heterocycles. The third-order valence-corrected chi connectivity index (χ3v) is 6.87.